The first-order chi connectivity index (χ1) is 12.9. The molecule has 1 N–H and O–H groups in total. The predicted molar refractivity (Wildman–Crippen MR) is 113 cm³/mol. The van der Waals surface area contributed by atoms with E-state index in [1.54, 1.807) is 49.9 Å². The summed E-state index contributed by atoms with van der Waals surface area (Å²) >= 11 is 1.69. The van der Waals surface area contributed by atoms with Crippen LogP contribution in [0.5, 0.6) is 0 Å². The highest BCUT2D eigenvalue weighted by Crippen LogP contribution is 2.19. The summed E-state index contributed by atoms with van der Waals surface area (Å²) in [7, 11) is -3.31. The van der Waals surface area contributed by atoms with Crippen molar-refractivity contribution in [3.05, 3.63) is 59.7 Å². The van der Waals surface area contributed by atoms with Crippen LogP contribution in [0.4, 0.5) is 5.69 Å². The molecule has 7 heteroatoms. The molecule has 0 aromatic heterocycles. The molecule has 0 fully saturated rings. The number of hydrogen-bond acceptors (Lipinski definition) is 4. The van der Waals surface area contributed by atoms with E-state index in [0.29, 0.717) is 24.3 Å². The quantitative estimate of drug-likeness (QED) is 0.509. The lowest BCUT2D eigenvalue weighted by atomic mass is 10.2. The van der Waals surface area contributed by atoms with Crippen LogP contribution in [0.2, 0.25) is 0 Å². The molecular formula is C20H26N2O3S2. The van der Waals surface area contributed by atoms with Crippen LogP contribution in [0, 0.1) is 6.92 Å². The van der Waals surface area contributed by atoms with Gasteiger partial charge in [0, 0.05) is 29.3 Å². The maximum absolute atomic E-state index is 12.3. The molecule has 0 aliphatic heterocycles. The summed E-state index contributed by atoms with van der Waals surface area (Å²) in [6, 6.07) is 15.0. The van der Waals surface area contributed by atoms with Gasteiger partial charge in [-0.25, -0.2) is 8.42 Å². The fourth-order valence-corrected chi connectivity index (χ4v) is 4.46. The van der Waals surface area contributed by atoms with E-state index in [9.17, 15) is 13.2 Å². The predicted octanol–water partition coefficient (Wildman–Crippen LogP) is 3.69. The third kappa shape index (κ3) is 6.01. The first kappa shape index (κ1) is 21.3. The van der Waals surface area contributed by atoms with Crippen molar-refractivity contribution in [2.45, 2.75) is 25.7 Å². The molecule has 2 aromatic carbocycles. The summed E-state index contributed by atoms with van der Waals surface area (Å²) in [6.45, 7) is 6.38. The molecule has 0 unspecified atom stereocenters. The lowest BCUT2D eigenvalue weighted by molar-refractivity contribution is 0.0956. The molecule has 27 heavy (non-hydrogen) atoms. The SMILES string of the molecule is CCN(c1ccc(C(=O)NCCSc2ccc(C)cc2)cc1)S(=O)(=O)CC. The second kappa shape index (κ2) is 9.80. The number of thioether (sulfide) groups is 1. The van der Waals surface area contributed by atoms with Crippen molar-refractivity contribution >= 4 is 33.4 Å². The van der Waals surface area contributed by atoms with Gasteiger partial charge in [-0.1, -0.05) is 17.7 Å². The molecule has 2 rings (SSSR count). The summed E-state index contributed by atoms with van der Waals surface area (Å²) < 4.78 is 25.6. The van der Waals surface area contributed by atoms with Crippen LogP contribution >= 0.6 is 11.8 Å². The smallest absolute Gasteiger partial charge is 0.251 e. The number of carbonyl (C=O) groups excluding carboxylic acids is 1. The number of amides is 1. The summed E-state index contributed by atoms with van der Waals surface area (Å²) in [4.78, 5) is 13.4. The molecule has 1 amide bonds. The zero-order valence-corrected chi connectivity index (χ0v) is 17.6. The lowest BCUT2D eigenvalue weighted by Gasteiger charge is -2.22. The van der Waals surface area contributed by atoms with E-state index in [2.05, 4.69) is 36.5 Å². The van der Waals surface area contributed by atoms with E-state index in [1.807, 2.05) is 0 Å². The Morgan fingerprint density at radius 1 is 1.04 bits per heavy atom. The molecule has 0 spiro atoms. The molecule has 0 atom stereocenters. The average Bonchev–Trinajstić information content (AvgIpc) is 2.67. The van der Waals surface area contributed by atoms with Crippen LogP contribution in [0.25, 0.3) is 0 Å². The lowest BCUT2D eigenvalue weighted by Crippen LogP contribution is -2.32. The van der Waals surface area contributed by atoms with E-state index < -0.39 is 10.0 Å². The molecule has 0 bridgehead atoms. The summed E-state index contributed by atoms with van der Waals surface area (Å²) in [5, 5.41) is 2.89. The molecule has 146 valence electrons. The Hall–Kier alpha value is -1.99. The minimum Gasteiger partial charge on any atom is -0.351 e. The summed E-state index contributed by atoms with van der Waals surface area (Å²) in [6.07, 6.45) is 0. The fraction of sp³-hybridized carbons (Fsp3) is 0.350. The second-order valence-corrected chi connectivity index (χ2v) is 9.38. The molecule has 0 saturated carbocycles. The minimum atomic E-state index is -3.31. The Balaban J connectivity index is 1.88. The number of hydrogen-bond donors (Lipinski definition) is 1. The van der Waals surface area contributed by atoms with E-state index in [4.69, 9.17) is 0 Å². The number of benzene rings is 2. The second-order valence-electron chi connectivity index (χ2n) is 6.03. The maximum atomic E-state index is 12.3. The average molecular weight is 407 g/mol. The zero-order chi connectivity index (χ0) is 19.9. The van der Waals surface area contributed by atoms with Crippen LogP contribution in [-0.2, 0) is 10.0 Å². The topological polar surface area (TPSA) is 66.5 Å². The number of aryl methyl sites for hydroxylation is 1. The number of nitrogens with zero attached hydrogens (tertiary/aromatic N) is 1. The van der Waals surface area contributed by atoms with Gasteiger partial charge in [0.1, 0.15) is 0 Å². The molecular weight excluding hydrogens is 380 g/mol. The third-order valence-electron chi connectivity index (χ3n) is 4.08. The van der Waals surface area contributed by atoms with Gasteiger partial charge in [-0.15, -0.1) is 11.8 Å². The van der Waals surface area contributed by atoms with Crippen LogP contribution in [0.3, 0.4) is 0 Å². The van der Waals surface area contributed by atoms with Crippen molar-refractivity contribution in [3.8, 4) is 0 Å². The van der Waals surface area contributed by atoms with Crippen molar-refractivity contribution < 1.29 is 13.2 Å². The Morgan fingerprint density at radius 2 is 1.67 bits per heavy atom. The van der Waals surface area contributed by atoms with Crippen LogP contribution < -0.4 is 9.62 Å². The molecule has 0 aliphatic carbocycles. The maximum Gasteiger partial charge on any atom is 0.251 e. The molecule has 0 saturated heterocycles. The summed E-state index contributed by atoms with van der Waals surface area (Å²) in [5.74, 6) is 0.667. The molecule has 0 radical (unpaired) electrons. The Morgan fingerprint density at radius 3 is 2.22 bits per heavy atom. The highest BCUT2D eigenvalue weighted by atomic mass is 32.2. The van der Waals surface area contributed by atoms with Crippen LogP contribution in [-0.4, -0.2) is 38.9 Å². The highest BCUT2D eigenvalue weighted by molar-refractivity contribution is 7.99. The van der Waals surface area contributed by atoms with Gasteiger partial charge in [0.25, 0.3) is 5.91 Å². The van der Waals surface area contributed by atoms with E-state index in [1.165, 1.54) is 14.8 Å². The molecule has 5 nitrogen and oxygen atoms in total. The van der Waals surface area contributed by atoms with Crippen LogP contribution in [0.15, 0.2) is 53.4 Å². The number of anilines is 1. The summed E-state index contributed by atoms with van der Waals surface area (Å²) in [5.41, 5.74) is 2.32. The number of sulfonamides is 1. The van der Waals surface area contributed by atoms with E-state index >= 15 is 0 Å². The Kier molecular flexibility index (Phi) is 7.74. The Labute approximate surface area is 166 Å². The molecule has 0 heterocycles. The van der Waals surface area contributed by atoms with Crippen molar-refractivity contribution in [2.75, 3.05) is 28.9 Å². The van der Waals surface area contributed by atoms with Gasteiger partial charge in [0.15, 0.2) is 0 Å². The van der Waals surface area contributed by atoms with Gasteiger partial charge in [-0.2, -0.15) is 0 Å². The molecule has 0 aliphatic rings. The van der Waals surface area contributed by atoms with Crippen molar-refractivity contribution in [1.29, 1.82) is 0 Å². The van der Waals surface area contributed by atoms with Gasteiger partial charge in [-0.3, -0.25) is 9.10 Å². The Bertz CT molecular complexity index is 848. The van der Waals surface area contributed by atoms with Crippen molar-refractivity contribution in [2.24, 2.45) is 0 Å². The number of carbonyl (C=O) groups is 1. The van der Waals surface area contributed by atoms with E-state index in [-0.39, 0.29) is 11.7 Å². The number of rotatable bonds is 9. The van der Waals surface area contributed by atoms with Crippen molar-refractivity contribution in [3.63, 3.8) is 0 Å². The molecule has 2 aromatic rings. The third-order valence-corrected chi connectivity index (χ3v) is 6.97. The largest absolute Gasteiger partial charge is 0.351 e. The van der Waals surface area contributed by atoms with Gasteiger partial charge in [0.2, 0.25) is 10.0 Å². The monoisotopic (exact) mass is 406 g/mol. The van der Waals surface area contributed by atoms with Gasteiger partial charge in [0.05, 0.1) is 11.4 Å². The van der Waals surface area contributed by atoms with Crippen LogP contribution in [0.1, 0.15) is 29.8 Å². The first-order valence-corrected chi connectivity index (χ1v) is 11.5. The van der Waals surface area contributed by atoms with Crippen molar-refractivity contribution in [1.82, 2.24) is 5.32 Å². The number of nitrogens with one attached hydrogen (secondary N) is 1. The fourth-order valence-electron chi connectivity index (χ4n) is 2.54. The van der Waals surface area contributed by atoms with Gasteiger partial charge >= 0.3 is 0 Å². The minimum absolute atomic E-state index is 0.0434. The van der Waals surface area contributed by atoms with E-state index in [0.717, 1.165) is 5.75 Å². The van der Waals surface area contributed by atoms with Gasteiger partial charge < -0.3 is 5.32 Å². The first-order valence-electron chi connectivity index (χ1n) is 8.95. The zero-order valence-electron chi connectivity index (χ0n) is 15.9. The standard InChI is InChI=1S/C20H26N2O3S2/c1-4-22(27(24,25)5-2)18-10-8-17(9-11-18)20(23)21-14-15-26-19-12-6-16(3)7-13-19/h6-13H,4-5,14-15H2,1-3H3,(H,21,23). The normalized spacial score (nSPS) is 11.2. The highest BCUT2D eigenvalue weighted by Gasteiger charge is 2.18. The van der Waals surface area contributed by atoms with Gasteiger partial charge in [-0.05, 0) is 57.2 Å².